The summed E-state index contributed by atoms with van der Waals surface area (Å²) in [6, 6.07) is 0. The van der Waals surface area contributed by atoms with E-state index in [0.29, 0.717) is 6.61 Å². The molecule has 2 aliphatic rings. The fourth-order valence-corrected chi connectivity index (χ4v) is 2.30. The van der Waals surface area contributed by atoms with Gasteiger partial charge in [-0.25, -0.2) is 0 Å². The largest absolute Gasteiger partial charge is 0.370 e. The Labute approximate surface area is 91.0 Å². The lowest BCUT2D eigenvalue weighted by molar-refractivity contribution is -0.142. The first kappa shape index (κ1) is 10.9. The van der Waals surface area contributed by atoms with Crippen molar-refractivity contribution in [1.82, 2.24) is 10.2 Å². The van der Waals surface area contributed by atoms with Gasteiger partial charge in [-0.3, -0.25) is 4.79 Å². The van der Waals surface area contributed by atoms with Crippen molar-refractivity contribution >= 4 is 5.91 Å². The standard InChI is InChI=1S/C11H20N2O2/c14-11-9-15-8-7-13(11)6-3-10-1-4-12-5-2-10/h10,12H,1-9H2. The van der Waals surface area contributed by atoms with Crippen LogP contribution in [0.25, 0.3) is 0 Å². The molecule has 0 aromatic carbocycles. The second-order valence-electron chi connectivity index (χ2n) is 4.42. The summed E-state index contributed by atoms with van der Waals surface area (Å²) in [6.45, 7) is 4.98. The molecule has 15 heavy (non-hydrogen) atoms. The summed E-state index contributed by atoms with van der Waals surface area (Å²) in [7, 11) is 0. The fourth-order valence-electron chi connectivity index (χ4n) is 2.30. The molecule has 2 fully saturated rings. The van der Waals surface area contributed by atoms with Crippen molar-refractivity contribution in [1.29, 1.82) is 0 Å². The van der Waals surface area contributed by atoms with E-state index < -0.39 is 0 Å². The highest BCUT2D eigenvalue weighted by Crippen LogP contribution is 2.16. The molecule has 0 aliphatic carbocycles. The molecule has 2 saturated heterocycles. The molecule has 0 atom stereocenters. The molecule has 4 heteroatoms. The minimum Gasteiger partial charge on any atom is -0.370 e. The Morgan fingerprint density at radius 3 is 2.93 bits per heavy atom. The minimum atomic E-state index is 0.162. The van der Waals surface area contributed by atoms with Crippen LogP contribution in [-0.2, 0) is 9.53 Å². The molecule has 0 bridgehead atoms. The number of piperidine rings is 1. The Kier molecular flexibility index (Phi) is 3.97. The Balaban J connectivity index is 1.69. The summed E-state index contributed by atoms with van der Waals surface area (Å²) in [5.74, 6) is 0.970. The van der Waals surface area contributed by atoms with Crippen LogP contribution in [0.3, 0.4) is 0 Å². The predicted octanol–water partition coefficient (Wildman–Crippen LogP) is 0.235. The van der Waals surface area contributed by atoms with Crippen LogP contribution < -0.4 is 5.32 Å². The van der Waals surface area contributed by atoms with Gasteiger partial charge in [-0.05, 0) is 38.3 Å². The van der Waals surface area contributed by atoms with Gasteiger partial charge < -0.3 is 15.0 Å². The highest BCUT2D eigenvalue weighted by molar-refractivity contribution is 5.77. The van der Waals surface area contributed by atoms with Crippen LogP contribution in [0.15, 0.2) is 0 Å². The van der Waals surface area contributed by atoms with E-state index in [-0.39, 0.29) is 12.5 Å². The van der Waals surface area contributed by atoms with E-state index in [1.54, 1.807) is 0 Å². The number of rotatable bonds is 3. The average molecular weight is 212 g/mol. The van der Waals surface area contributed by atoms with Crippen molar-refractivity contribution in [3.63, 3.8) is 0 Å². The molecular weight excluding hydrogens is 192 g/mol. The van der Waals surface area contributed by atoms with Crippen LogP contribution in [0.5, 0.6) is 0 Å². The molecule has 0 aromatic heterocycles. The molecule has 0 unspecified atom stereocenters. The van der Waals surface area contributed by atoms with Gasteiger partial charge in [-0.15, -0.1) is 0 Å². The van der Waals surface area contributed by atoms with Gasteiger partial charge in [0, 0.05) is 13.1 Å². The molecule has 0 radical (unpaired) electrons. The molecule has 1 N–H and O–H groups in total. The second-order valence-corrected chi connectivity index (χ2v) is 4.42. The minimum absolute atomic E-state index is 0.162. The molecule has 2 rings (SSSR count). The van der Waals surface area contributed by atoms with Crippen LogP contribution in [0.2, 0.25) is 0 Å². The number of morpholine rings is 1. The summed E-state index contributed by atoms with van der Waals surface area (Å²) < 4.78 is 5.10. The van der Waals surface area contributed by atoms with Crippen molar-refractivity contribution < 1.29 is 9.53 Å². The lowest BCUT2D eigenvalue weighted by atomic mass is 9.94. The third-order valence-corrected chi connectivity index (χ3v) is 3.35. The molecule has 0 saturated carbocycles. The number of carbonyl (C=O) groups excluding carboxylic acids is 1. The lowest BCUT2D eigenvalue weighted by Gasteiger charge is -2.29. The van der Waals surface area contributed by atoms with Gasteiger partial charge in [0.25, 0.3) is 0 Å². The highest BCUT2D eigenvalue weighted by Gasteiger charge is 2.20. The number of hydrogen-bond donors (Lipinski definition) is 1. The van der Waals surface area contributed by atoms with Gasteiger partial charge in [0.1, 0.15) is 6.61 Å². The second kappa shape index (κ2) is 5.47. The van der Waals surface area contributed by atoms with E-state index in [1.807, 2.05) is 4.90 Å². The lowest BCUT2D eigenvalue weighted by Crippen LogP contribution is -2.42. The van der Waals surface area contributed by atoms with Crippen molar-refractivity contribution in [2.45, 2.75) is 19.3 Å². The van der Waals surface area contributed by atoms with E-state index in [9.17, 15) is 4.79 Å². The van der Waals surface area contributed by atoms with Crippen LogP contribution in [0, 0.1) is 5.92 Å². The monoisotopic (exact) mass is 212 g/mol. The Hall–Kier alpha value is -0.610. The number of amides is 1. The quantitative estimate of drug-likeness (QED) is 0.728. The maximum absolute atomic E-state index is 11.5. The van der Waals surface area contributed by atoms with Gasteiger partial charge >= 0.3 is 0 Å². The van der Waals surface area contributed by atoms with Gasteiger partial charge in [-0.1, -0.05) is 0 Å². The first-order valence-corrected chi connectivity index (χ1v) is 5.92. The topological polar surface area (TPSA) is 41.6 Å². The summed E-state index contributed by atoms with van der Waals surface area (Å²) >= 11 is 0. The van der Waals surface area contributed by atoms with Gasteiger partial charge in [0.05, 0.1) is 6.61 Å². The Bertz CT molecular complexity index is 215. The van der Waals surface area contributed by atoms with Crippen molar-refractivity contribution in [3.05, 3.63) is 0 Å². The number of hydrogen-bond acceptors (Lipinski definition) is 3. The van der Waals surface area contributed by atoms with Gasteiger partial charge in [0.2, 0.25) is 5.91 Å². The van der Waals surface area contributed by atoms with Crippen molar-refractivity contribution in [2.75, 3.05) is 39.4 Å². The van der Waals surface area contributed by atoms with Crippen LogP contribution in [-0.4, -0.2) is 50.2 Å². The third-order valence-electron chi connectivity index (χ3n) is 3.35. The smallest absolute Gasteiger partial charge is 0.248 e. The van der Waals surface area contributed by atoms with Gasteiger partial charge in [-0.2, -0.15) is 0 Å². The molecule has 2 aliphatic heterocycles. The SMILES string of the molecule is O=C1COCCN1CCC1CCNCC1. The zero-order valence-electron chi connectivity index (χ0n) is 9.21. The van der Waals surface area contributed by atoms with E-state index in [1.165, 1.54) is 12.8 Å². The summed E-state index contributed by atoms with van der Waals surface area (Å²) in [5.41, 5.74) is 0. The predicted molar refractivity (Wildman–Crippen MR) is 57.6 cm³/mol. The van der Waals surface area contributed by atoms with Gasteiger partial charge in [0.15, 0.2) is 0 Å². The number of carbonyl (C=O) groups is 1. The molecule has 0 spiro atoms. The Morgan fingerprint density at radius 2 is 2.20 bits per heavy atom. The van der Waals surface area contributed by atoms with E-state index in [2.05, 4.69) is 5.32 Å². The van der Waals surface area contributed by atoms with Crippen LogP contribution >= 0.6 is 0 Å². The normalized spacial score (nSPS) is 24.5. The van der Waals surface area contributed by atoms with E-state index in [0.717, 1.165) is 38.5 Å². The number of nitrogens with one attached hydrogen (secondary N) is 1. The molecule has 1 amide bonds. The molecule has 2 heterocycles. The summed E-state index contributed by atoms with van der Waals surface area (Å²) in [5, 5.41) is 3.36. The van der Waals surface area contributed by atoms with Crippen molar-refractivity contribution in [2.24, 2.45) is 5.92 Å². The molecule has 86 valence electrons. The summed E-state index contributed by atoms with van der Waals surface area (Å²) in [4.78, 5) is 13.4. The molecule has 0 aromatic rings. The van der Waals surface area contributed by atoms with Crippen molar-refractivity contribution in [3.8, 4) is 0 Å². The fraction of sp³-hybridized carbons (Fsp3) is 0.909. The first-order valence-electron chi connectivity index (χ1n) is 5.92. The first-order chi connectivity index (χ1) is 7.36. The average Bonchev–Trinajstić information content (AvgIpc) is 2.29. The Morgan fingerprint density at radius 1 is 1.40 bits per heavy atom. The number of ether oxygens (including phenoxy) is 1. The third kappa shape index (κ3) is 3.18. The molecular formula is C11H20N2O2. The molecule has 4 nitrogen and oxygen atoms in total. The summed E-state index contributed by atoms with van der Waals surface area (Å²) in [6.07, 6.45) is 3.69. The zero-order valence-corrected chi connectivity index (χ0v) is 9.21. The zero-order chi connectivity index (χ0) is 10.5. The van der Waals surface area contributed by atoms with E-state index in [4.69, 9.17) is 4.74 Å². The van der Waals surface area contributed by atoms with E-state index >= 15 is 0 Å². The maximum Gasteiger partial charge on any atom is 0.248 e. The van der Waals surface area contributed by atoms with Crippen LogP contribution in [0.1, 0.15) is 19.3 Å². The maximum atomic E-state index is 11.5. The number of nitrogens with zero attached hydrogens (tertiary/aromatic N) is 1. The van der Waals surface area contributed by atoms with Crippen LogP contribution in [0.4, 0.5) is 0 Å². The highest BCUT2D eigenvalue weighted by atomic mass is 16.5.